The zero-order valence-corrected chi connectivity index (χ0v) is 11.0. The molecule has 0 bridgehead atoms. The Kier molecular flexibility index (Phi) is 3.24. The molecule has 22 heavy (non-hydrogen) atoms. The van der Waals surface area contributed by atoms with Crippen LogP contribution in [-0.2, 0) is 0 Å². The number of nitrogens with one attached hydrogen (secondary N) is 2. The fourth-order valence-corrected chi connectivity index (χ4v) is 1.91. The second-order valence-corrected chi connectivity index (χ2v) is 4.45. The third-order valence-corrected chi connectivity index (χ3v) is 2.85. The van der Waals surface area contributed by atoms with E-state index in [1.54, 1.807) is 12.1 Å². The van der Waals surface area contributed by atoms with Gasteiger partial charge in [0.1, 0.15) is 11.6 Å². The van der Waals surface area contributed by atoms with Crippen LogP contribution in [0, 0.1) is 0 Å². The van der Waals surface area contributed by atoms with Gasteiger partial charge >= 0.3 is 6.36 Å². The largest absolute Gasteiger partial charge is 0.573 e. The van der Waals surface area contributed by atoms with Crippen LogP contribution in [0.1, 0.15) is 0 Å². The molecule has 0 unspecified atom stereocenters. The molecule has 0 atom stereocenters. The maximum Gasteiger partial charge on any atom is 0.573 e. The van der Waals surface area contributed by atoms with Crippen molar-refractivity contribution in [2.75, 3.05) is 5.73 Å². The molecule has 0 amide bonds. The van der Waals surface area contributed by atoms with Crippen molar-refractivity contribution < 1.29 is 17.9 Å². The minimum absolute atomic E-state index is 0.284. The summed E-state index contributed by atoms with van der Waals surface area (Å²) < 4.78 is 40.1. The molecule has 0 saturated heterocycles. The third kappa shape index (κ3) is 3.03. The number of halogens is 3. The van der Waals surface area contributed by atoms with Crippen molar-refractivity contribution in [3.8, 4) is 28.4 Å². The van der Waals surface area contributed by atoms with E-state index >= 15 is 0 Å². The quantitative estimate of drug-likeness (QED) is 0.693. The van der Waals surface area contributed by atoms with Crippen molar-refractivity contribution in [3.05, 3.63) is 36.4 Å². The van der Waals surface area contributed by atoms with Gasteiger partial charge in [-0.15, -0.1) is 13.2 Å². The molecule has 6 nitrogen and oxygen atoms in total. The van der Waals surface area contributed by atoms with E-state index in [0.717, 1.165) is 0 Å². The highest BCUT2D eigenvalue weighted by Crippen LogP contribution is 2.27. The molecule has 4 N–H and O–H groups in total. The number of hydrogen-bond donors (Lipinski definition) is 3. The number of H-pyrrole nitrogens is 2. The lowest BCUT2D eigenvalue weighted by molar-refractivity contribution is -0.274. The van der Waals surface area contributed by atoms with Crippen LogP contribution >= 0.6 is 0 Å². The van der Waals surface area contributed by atoms with Crippen LogP contribution in [-0.4, -0.2) is 26.8 Å². The fraction of sp³-hybridized carbons (Fsp3) is 0.0769. The summed E-state index contributed by atoms with van der Waals surface area (Å²) in [5, 5.41) is 13.4. The van der Waals surface area contributed by atoms with E-state index < -0.39 is 6.36 Å². The average molecular weight is 309 g/mol. The fourth-order valence-electron chi connectivity index (χ4n) is 1.91. The third-order valence-electron chi connectivity index (χ3n) is 2.85. The Morgan fingerprint density at radius 3 is 2.18 bits per heavy atom. The molecular weight excluding hydrogens is 299 g/mol. The normalized spacial score (nSPS) is 11.6. The molecule has 0 aliphatic rings. The van der Waals surface area contributed by atoms with Gasteiger partial charge in [-0.2, -0.15) is 10.2 Å². The van der Waals surface area contributed by atoms with Crippen molar-refractivity contribution >= 4 is 5.82 Å². The molecule has 0 aliphatic carbocycles. The van der Waals surface area contributed by atoms with Gasteiger partial charge in [0.15, 0.2) is 0 Å². The molecule has 0 radical (unpaired) electrons. The minimum atomic E-state index is -4.71. The number of nitrogens with zero attached hydrogens (tertiary/aromatic N) is 2. The van der Waals surface area contributed by atoms with Crippen LogP contribution in [0.3, 0.4) is 0 Å². The van der Waals surface area contributed by atoms with Crippen LogP contribution in [0.25, 0.3) is 22.6 Å². The molecule has 3 rings (SSSR count). The summed E-state index contributed by atoms with van der Waals surface area (Å²) >= 11 is 0. The van der Waals surface area contributed by atoms with E-state index in [0.29, 0.717) is 28.5 Å². The van der Waals surface area contributed by atoms with Gasteiger partial charge in [0.25, 0.3) is 0 Å². The number of benzene rings is 1. The number of nitrogens with two attached hydrogens (primary N) is 1. The molecular formula is C13H10F3N5O. The Morgan fingerprint density at radius 2 is 1.59 bits per heavy atom. The Hall–Kier alpha value is -2.97. The molecule has 9 heteroatoms. The van der Waals surface area contributed by atoms with Gasteiger partial charge < -0.3 is 10.5 Å². The number of nitrogen functional groups attached to an aromatic ring is 1. The van der Waals surface area contributed by atoms with Gasteiger partial charge in [-0.25, -0.2) is 0 Å². The van der Waals surface area contributed by atoms with E-state index in [2.05, 4.69) is 25.1 Å². The Bertz CT molecular complexity index is 776. The van der Waals surface area contributed by atoms with Crippen molar-refractivity contribution in [3.63, 3.8) is 0 Å². The lowest BCUT2D eigenvalue weighted by Gasteiger charge is -2.08. The van der Waals surface area contributed by atoms with Crippen molar-refractivity contribution in [1.82, 2.24) is 20.4 Å². The first kappa shape index (κ1) is 14.0. The SMILES string of the molecule is Nc1cc(-c2cc(-c3ccc(OC(F)(F)F)cc3)n[nH]2)[nH]n1. The van der Waals surface area contributed by atoms with E-state index in [1.165, 1.54) is 24.3 Å². The van der Waals surface area contributed by atoms with Crippen LogP contribution in [0.2, 0.25) is 0 Å². The lowest BCUT2D eigenvalue weighted by Crippen LogP contribution is -2.16. The summed E-state index contributed by atoms with van der Waals surface area (Å²) in [6.45, 7) is 0. The number of hydrogen-bond acceptors (Lipinski definition) is 4. The molecule has 2 heterocycles. The Morgan fingerprint density at radius 1 is 0.955 bits per heavy atom. The predicted molar refractivity (Wildman–Crippen MR) is 72.7 cm³/mol. The van der Waals surface area contributed by atoms with Crippen LogP contribution in [0.15, 0.2) is 36.4 Å². The zero-order chi connectivity index (χ0) is 15.7. The van der Waals surface area contributed by atoms with Crippen LogP contribution in [0.5, 0.6) is 5.75 Å². The summed E-state index contributed by atoms with van der Waals surface area (Å²) in [6, 6.07) is 8.80. The lowest BCUT2D eigenvalue weighted by atomic mass is 10.1. The standard InChI is InChI=1S/C13H10F3N5O/c14-13(15,16)22-8-3-1-7(2-4-8)9-5-10(19-18-9)11-6-12(17)21-20-11/h1-6H,(H,18,19)(H3,17,20,21). The smallest absolute Gasteiger partial charge is 0.406 e. The van der Waals surface area contributed by atoms with Crippen LogP contribution < -0.4 is 10.5 Å². The first-order chi connectivity index (χ1) is 10.4. The summed E-state index contributed by atoms with van der Waals surface area (Å²) in [5.41, 5.74) is 8.05. The van der Waals surface area contributed by atoms with Crippen molar-refractivity contribution in [1.29, 1.82) is 0 Å². The first-order valence-electron chi connectivity index (χ1n) is 6.13. The maximum absolute atomic E-state index is 12.1. The molecule has 0 saturated carbocycles. The van der Waals surface area contributed by atoms with Gasteiger partial charge in [-0.1, -0.05) is 0 Å². The van der Waals surface area contributed by atoms with Gasteiger partial charge in [-0.3, -0.25) is 10.2 Å². The summed E-state index contributed by atoms with van der Waals surface area (Å²) in [7, 11) is 0. The molecule has 3 aromatic rings. The van der Waals surface area contributed by atoms with Gasteiger partial charge in [0.05, 0.1) is 17.1 Å². The predicted octanol–water partition coefficient (Wildman–Crippen LogP) is 2.95. The number of aromatic amines is 2. The highest BCUT2D eigenvalue weighted by atomic mass is 19.4. The minimum Gasteiger partial charge on any atom is -0.406 e. The number of alkyl halides is 3. The molecule has 114 valence electrons. The van der Waals surface area contributed by atoms with E-state index in [-0.39, 0.29) is 5.75 Å². The number of anilines is 1. The molecule has 0 fully saturated rings. The Labute approximate surface area is 122 Å². The highest BCUT2D eigenvalue weighted by molar-refractivity contribution is 5.67. The van der Waals surface area contributed by atoms with E-state index in [4.69, 9.17) is 5.73 Å². The number of aromatic nitrogens is 4. The van der Waals surface area contributed by atoms with E-state index in [1.807, 2.05) is 0 Å². The molecule has 0 aliphatic heterocycles. The van der Waals surface area contributed by atoms with Gasteiger partial charge in [0, 0.05) is 11.6 Å². The molecule has 0 spiro atoms. The Balaban J connectivity index is 1.81. The number of rotatable bonds is 3. The van der Waals surface area contributed by atoms with Gasteiger partial charge in [0.2, 0.25) is 0 Å². The second kappa shape index (κ2) is 5.10. The topological polar surface area (TPSA) is 92.6 Å². The summed E-state index contributed by atoms with van der Waals surface area (Å²) in [4.78, 5) is 0. The average Bonchev–Trinajstić information content (AvgIpc) is 3.06. The number of ether oxygens (including phenoxy) is 1. The monoisotopic (exact) mass is 309 g/mol. The maximum atomic E-state index is 12.1. The second-order valence-electron chi connectivity index (χ2n) is 4.45. The van der Waals surface area contributed by atoms with E-state index in [9.17, 15) is 13.2 Å². The zero-order valence-electron chi connectivity index (χ0n) is 11.0. The molecule has 1 aromatic carbocycles. The molecule has 2 aromatic heterocycles. The van der Waals surface area contributed by atoms with Gasteiger partial charge in [-0.05, 0) is 30.3 Å². The van der Waals surface area contributed by atoms with Crippen LogP contribution in [0.4, 0.5) is 19.0 Å². The highest BCUT2D eigenvalue weighted by Gasteiger charge is 2.30. The summed E-state index contributed by atoms with van der Waals surface area (Å²) in [6.07, 6.45) is -4.71. The van der Waals surface area contributed by atoms with Crippen molar-refractivity contribution in [2.45, 2.75) is 6.36 Å². The first-order valence-corrected chi connectivity index (χ1v) is 6.13. The summed E-state index contributed by atoms with van der Waals surface area (Å²) in [5.74, 6) is 0.0631. The van der Waals surface area contributed by atoms with Crippen molar-refractivity contribution in [2.24, 2.45) is 0 Å².